The fourth-order valence-electron chi connectivity index (χ4n) is 2.58. The Labute approximate surface area is 174 Å². The number of benzene rings is 2. The third-order valence-electron chi connectivity index (χ3n) is 3.87. The Bertz CT molecular complexity index is 930. The Morgan fingerprint density at radius 2 is 2.00 bits per heavy atom. The van der Waals surface area contributed by atoms with Crippen LogP contribution in [0.3, 0.4) is 0 Å². The van der Waals surface area contributed by atoms with Crippen LogP contribution in [0.1, 0.15) is 23.6 Å². The van der Waals surface area contributed by atoms with Crippen molar-refractivity contribution in [2.24, 2.45) is 0 Å². The first-order valence-corrected chi connectivity index (χ1v) is 9.63. The maximum atomic E-state index is 12.1. The minimum Gasteiger partial charge on any atom is -0.490 e. The summed E-state index contributed by atoms with van der Waals surface area (Å²) in [5.74, 6) is 0.777. The third-order valence-corrected chi connectivity index (χ3v) is 4.45. The number of hydrogen-bond donors (Lipinski definition) is 0. The molecule has 0 heterocycles. The summed E-state index contributed by atoms with van der Waals surface area (Å²) in [7, 11) is 3.22. The van der Waals surface area contributed by atoms with E-state index in [1.54, 1.807) is 32.3 Å². The molecule has 0 radical (unpaired) electrons. The summed E-state index contributed by atoms with van der Waals surface area (Å²) < 4.78 is 12.4. The van der Waals surface area contributed by atoms with Crippen LogP contribution in [0.15, 0.2) is 46.4 Å². The number of carbonyl (C=O) groups excluding carboxylic acids is 1. The lowest BCUT2D eigenvalue weighted by Crippen LogP contribution is -2.22. The van der Waals surface area contributed by atoms with Gasteiger partial charge in [-0.3, -0.25) is 4.79 Å². The van der Waals surface area contributed by atoms with Gasteiger partial charge >= 0.3 is 0 Å². The zero-order valence-electron chi connectivity index (χ0n) is 16.5. The predicted octanol–water partition coefficient (Wildman–Crippen LogP) is 4.73. The standard InChI is InChI=1S/C22H23BrN2O3/c1-5-27-20-12-17(10-18(13-24)22(26)25(3)4)11-19(23)21(20)28-14-16-8-6-7-15(2)9-16/h6-12H,5,14H2,1-4H3/b18-10-. The fourth-order valence-corrected chi connectivity index (χ4v) is 3.16. The number of halogens is 1. The van der Waals surface area contributed by atoms with Gasteiger partial charge < -0.3 is 14.4 Å². The first kappa shape index (κ1) is 21.5. The van der Waals surface area contributed by atoms with E-state index < -0.39 is 0 Å². The number of aryl methyl sites for hydroxylation is 1. The normalized spacial score (nSPS) is 10.9. The zero-order valence-corrected chi connectivity index (χ0v) is 18.0. The van der Waals surface area contributed by atoms with Gasteiger partial charge in [-0.05, 0) is 59.1 Å². The molecule has 0 aliphatic carbocycles. The molecule has 2 aromatic rings. The zero-order chi connectivity index (χ0) is 20.7. The van der Waals surface area contributed by atoms with Gasteiger partial charge in [0, 0.05) is 14.1 Å². The van der Waals surface area contributed by atoms with Crippen molar-refractivity contribution in [3.05, 3.63) is 63.1 Å². The number of ether oxygens (including phenoxy) is 2. The second-order valence-corrected chi connectivity index (χ2v) is 7.26. The first-order chi connectivity index (χ1) is 13.3. The number of amides is 1. The van der Waals surface area contributed by atoms with Crippen molar-refractivity contribution >= 4 is 27.9 Å². The van der Waals surface area contributed by atoms with Crippen LogP contribution in [0.25, 0.3) is 6.08 Å². The van der Waals surface area contributed by atoms with Crippen LogP contribution >= 0.6 is 15.9 Å². The number of likely N-dealkylation sites (N-methyl/N-ethyl adjacent to an activating group) is 1. The molecule has 1 amide bonds. The molecule has 0 aliphatic heterocycles. The Morgan fingerprint density at radius 3 is 2.61 bits per heavy atom. The molecule has 5 nitrogen and oxygen atoms in total. The lowest BCUT2D eigenvalue weighted by Gasteiger charge is -2.15. The predicted molar refractivity (Wildman–Crippen MR) is 113 cm³/mol. The Balaban J connectivity index is 2.35. The van der Waals surface area contributed by atoms with Crippen molar-refractivity contribution in [3.63, 3.8) is 0 Å². The Kier molecular flexibility index (Phi) is 7.65. The first-order valence-electron chi connectivity index (χ1n) is 8.83. The summed E-state index contributed by atoms with van der Waals surface area (Å²) in [5.41, 5.74) is 2.94. The average molecular weight is 443 g/mol. The highest BCUT2D eigenvalue weighted by Crippen LogP contribution is 2.38. The minimum atomic E-state index is -0.351. The SMILES string of the molecule is CCOc1cc(/C=C(/C#N)C(=O)N(C)C)cc(Br)c1OCc1cccc(C)c1. The topological polar surface area (TPSA) is 62.6 Å². The quantitative estimate of drug-likeness (QED) is 0.459. The highest BCUT2D eigenvalue weighted by atomic mass is 79.9. The van der Waals surface area contributed by atoms with Gasteiger partial charge in [-0.15, -0.1) is 0 Å². The summed E-state index contributed by atoms with van der Waals surface area (Å²) in [6, 6.07) is 13.6. The van der Waals surface area contributed by atoms with E-state index in [1.807, 2.05) is 38.1 Å². The van der Waals surface area contributed by atoms with Crippen molar-refractivity contribution in [3.8, 4) is 17.6 Å². The van der Waals surface area contributed by atoms with Gasteiger partial charge in [0.2, 0.25) is 0 Å². The minimum absolute atomic E-state index is 0.0489. The molecular formula is C22H23BrN2O3. The second kappa shape index (κ2) is 9.95. The van der Waals surface area contributed by atoms with Crippen LogP contribution in [-0.2, 0) is 11.4 Å². The molecule has 0 bridgehead atoms. The summed E-state index contributed by atoms with van der Waals surface area (Å²) in [5, 5.41) is 9.30. The summed E-state index contributed by atoms with van der Waals surface area (Å²) in [6.45, 7) is 4.78. The molecule has 0 aromatic heterocycles. The molecule has 0 aliphatic rings. The monoisotopic (exact) mass is 442 g/mol. The molecule has 0 N–H and O–H groups in total. The van der Waals surface area contributed by atoms with Crippen molar-refractivity contribution in [2.75, 3.05) is 20.7 Å². The van der Waals surface area contributed by atoms with Crippen LogP contribution in [-0.4, -0.2) is 31.5 Å². The molecule has 2 rings (SSSR count). The molecule has 0 atom stereocenters. The second-order valence-electron chi connectivity index (χ2n) is 6.41. The van der Waals surface area contributed by atoms with E-state index in [-0.39, 0.29) is 11.5 Å². The number of rotatable bonds is 7. The number of carbonyl (C=O) groups is 1. The number of nitrogens with zero attached hydrogens (tertiary/aromatic N) is 2. The lowest BCUT2D eigenvalue weighted by molar-refractivity contribution is -0.124. The molecule has 6 heteroatoms. The lowest BCUT2D eigenvalue weighted by atomic mass is 10.1. The highest BCUT2D eigenvalue weighted by Gasteiger charge is 2.15. The summed E-state index contributed by atoms with van der Waals surface area (Å²) in [6.07, 6.45) is 1.54. The fraction of sp³-hybridized carbons (Fsp3) is 0.273. The number of hydrogen-bond acceptors (Lipinski definition) is 4. The smallest absolute Gasteiger partial charge is 0.264 e. The molecule has 28 heavy (non-hydrogen) atoms. The van der Waals surface area contributed by atoms with E-state index in [9.17, 15) is 10.1 Å². The van der Waals surface area contributed by atoms with Crippen molar-refractivity contribution in [1.82, 2.24) is 4.90 Å². The van der Waals surface area contributed by atoms with Crippen LogP contribution < -0.4 is 9.47 Å². The average Bonchev–Trinajstić information content (AvgIpc) is 2.65. The van der Waals surface area contributed by atoms with Crippen molar-refractivity contribution in [2.45, 2.75) is 20.5 Å². The molecule has 0 fully saturated rings. The van der Waals surface area contributed by atoms with Crippen LogP contribution in [0.2, 0.25) is 0 Å². The maximum absolute atomic E-state index is 12.1. The molecule has 2 aromatic carbocycles. The van der Waals surface area contributed by atoms with E-state index in [0.717, 1.165) is 5.56 Å². The molecule has 146 valence electrons. The van der Waals surface area contributed by atoms with Gasteiger partial charge in [-0.1, -0.05) is 29.8 Å². The van der Waals surface area contributed by atoms with Gasteiger partial charge in [0.1, 0.15) is 18.2 Å². The van der Waals surface area contributed by atoms with Crippen molar-refractivity contribution in [1.29, 1.82) is 5.26 Å². The third kappa shape index (κ3) is 5.61. The van der Waals surface area contributed by atoms with Gasteiger partial charge in [-0.25, -0.2) is 0 Å². The van der Waals surface area contributed by atoms with Gasteiger partial charge in [0.05, 0.1) is 11.1 Å². The van der Waals surface area contributed by atoms with Crippen LogP contribution in [0.4, 0.5) is 0 Å². The molecular weight excluding hydrogens is 420 g/mol. The molecule has 0 saturated heterocycles. The Morgan fingerprint density at radius 1 is 1.25 bits per heavy atom. The van der Waals surface area contributed by atoms with E-state index in [4.69, 9.17) is 9.47 Å². The van der Waals surface area contributed by atoms with Crippen molar-refractivity contribution < 1.29 is 14.3 Å². The molecule has 0 saturated carbocycles. The van der Waals surface area contributed by atoms with E-state index in [0.29, 0.717) is 34.7 Å². The van der Waals surface area contributed by atoms with Crippen LogP contribution in [0.5, 0.6) is 11.5 Å². The largest absolute Gasteiger partial charge is 0.490 e. The van der Waals surface area contributed by atoms with Gasteiger partial charge in [0.15, 0.2) is 11.5 Å². The Hall–Kier alpha value is -2.78. The highest BCUT2D eigenvalue weighted by molar-refractivity contribution is 9.10. The summed E-state index contributed by atoms with van der Waals surface area (Å²) in [4.78, 5) is 13.5. The number of nitriles is 1. The van der Waals surface area contributed by atoms with E-state index in [1.165, 1.54) is 10.5 Å². The molecule has 0 spiro atoms. The van der Waals surface area contributed by atoms with Gasteiger partial charge in [-0.2, -0.15) is 5.26 Å². The molecule has 0 unspecified atom stereocenters. The maximum Gasteiger partial charge on any atom is 0.264 e. The van der Waals surface area contributed by atoms with Crippen LogP contribution in [0, 0.1) is 18.3 Å². The van der Waals surface area contributed by atoms with E-state index >= 15 is 0 Å². The van der Waals surface area contributed by atoms with Gasteiger partial charge in [0.25, 0.3) is 5.91 Å². The summed E-state index contributed by atoms with van der Waals surface area (Å²) >= 11 is 3.52. The van der Waals surface area contributed by atoms with E-state index in [2.05, 4.69) is 22.0 Å².